The molecule has 19 heavy (non-hydrogen) atoms. The second-order valence-corrected chi connectivity index (χ2v) is 6.32. The van der Waals surface area contributed by atoms with Crippen LogP contribution in [0, 0.1) is 0 Å². The van der Waals surface area contributed by atoms with Gasteiger partial charge in [-0.1, -0.05) is 0 Å². The highest BCUT2D eigenvalue weighted by molar-refractivity contribution is 7.89. The third-order valence-electron chi connectivity index (χ3n) is 2.00. The molecule has 0 aliphatic rings. The monoisotopic (exact) mass is 320 g/mol. The molecule has 1 aromatic carbocycles. The lowest BCUT2D eigenvalue weighted by Gasteiger charge is -2.13. The number of nitrogens with two attached hydrogens (primary N) is 2. The molecule has 0 saturated carbocycles. The number of benzene rings is 1. The van der Waals surface area contributed by atoms with Gasteiger partial charge in [0.05, 0.1) is 11.3 Å². The number of hydrogen-bond donors (Lipinski definition) is 3. The summed E-state index contributed by atoms with van der Waals surface area (Å²) in [5, 5.41) is 4.66. The van der Waals surface area contributed by atoms with E-state index in [9.17, 15) is 30.0 Å². The Hall–Kier alpha value is -1.37. The van der Waals surface area contributed by atoms with Crippen molar-refractivity contribution in [2.45, 2.75) is 16.0 Å². The minimum absolute atomic E-state index is 0.0584. The van der Waals surface area contributed by atoms with Gasteiger partial charge in [-0.25, -0.2) is 13.6 Å². The second-order valence-electron chi connectivity index (χ2n) is 3.40. The Kier molecular flexibility index (Phi) is 3.58. The first-order chi connectivity index (χ1) is 8.24. The minimum Gasteiger partial charge on any atom is -0.398 e. The third-order valence-corrected chi connectivity index (χ3v) is 3.86. The van der Waals surface area contributed by atoms with Crippen LogP contribution in [0.2, 0.25) is 0 Å². The first-order valence-electron chi connectivity index (χ1n) is 4.25. The third kappa shape index (κ3) is 3.34. The largest absolute Gasteiger partial charge is 0.417 e. The lowest BCUT2D eigenvalue weighted by molar-refractivity contribution is -0.140. The lowest BCUT2D eigenvalue weighted by Crippen LogP contribution is -2.19. The highest BCUT2D eigenvalue weighted by atomic mass is 32.2. The fraction of sp³-hybridized carbons (Fsp3) is 0.143. The van der Waals surface area contributed by atoms with Crippen LogP contribution in [-0.2, 0) is 26.3 Å². The molecule has 0 heterocycles. The highest BCUT2D eigenvalue weighted by Gasteiger charge is 2.38. The SMILES string of the molecule is Nc1cc(C(F)(F)F)c(S(=O)(=O)O)cc1S(N)(=O)=O. The van der Waals surface area contributed by atoms with Gasteiger partial charge in [0.25, 0.3) is 10.1 Å². The number of halogens is 3. The van der Waals surface area contributed by atoms with Gasteiger partial charge in [0.2, 0.25) is 10.0 Å². The van der Waals surface area contributed by atoms with E-state index in [1.807, 2.05) is 0 Å². The van der Waals surface area contributed by atoms with Crippen molar-refractivity contribution >= 4 is 25.8 Å². The molecule has 108 valence electrons. The van der Waals surface area contributed by atoms with E-state index in [1.54, 1.807) is 0 Å². The topological polar surface area (TPSA) is 141 Å². The van der Waals surface area contributed by atoms with Gasteiger partial charge in [0, 0.05) is 0 Å². The van der Waals surface area contributed by atoms with Crippen LogP contribution in [0.15, 0.2) is 21.9 Å². The van der Waals surface area contributed by atoms with Gasteiger partial charge in [-0.15, -0.1) is 0 Å². The molecule has 1 rings (SSSR count). The molecule has 7 nitrogen and oxygen atoms in total. The summed E-state index contributed by atoms with van der Waals surface area (Å²) >= 11 is 0. The summed E-state index contributed by atoms with van der Waals surface area (Å²) in [5.41, 5.74) is 2.40. The predicted molar refractivity (Wildman–Crippen MR) is 57.0 cm³/mol. The number of hydrogen-bond acceptors (Lipinski definition) is 5. The number of alkyl halides is 3. The Bertz CT molecular complexity index is 724. The van der Waals surface area contributed by atoms with E-state index in [2.05, 4.69) is 5.14 Å². The van der Waals surface area contributed by atoms with Crippen molar-refractivity contribution in [3.63, 3.8) is 0 Å². The second kappa shape index (κ2) is 4.33. The zero-order chi connectivity index (χ0) is 15.2. The van der Waals surface area contributed by atoms with Gasteiger partial charge in [-0.05, 0) is 12.1 Å². The Labute approximate surface area is 105 Å². The van der Waals surface area contributed by atoms with Crippen LogP contribution in [-0.4, -0.2) is 21.4 Å². The maximum atomic E-state index is 12.6. The van der Waals surface area contributed by atoms with Crippen LogP contribution in [0.3, 0.4) is 0 Å². The van der Waals surface area contributed by atoms with Crippen LogP contribution >= 0.6 is 0 Å². The first-order valence-corrected chi connectivity index (χ1v) is 7.24. The van der Waals surface area contributed by atoms with E-state index >= 15 is 0 Å². The van der Waals surface area contributed by atoms with Gasteiger partial charge in [0.15, 0.2) is 0 Å². The Morgan fingerprint density at radius 1 is 1.05 bits per heavy atom. The summed E-state index contributed by atoms with van der Waals surface area (Å²) in [5.74, 6) is 0. The van der Waals surface area contributed by atoms with Crippen LogP contribution < -0.4 is 10.9 Å². The molecule has 0 spiro atoms. The molecule has 0 aromatic heterocycles. The lowest BCUT2D eigenvalue weighted by atomic mass is 10.2. The zero-order valence-corrected chi connectivity index (χ0v) is 10.5. The van der Waals surface area contributed by atoms with Crippen molar-refractivity contribution in [2.75, 3.05) is 5.73 Å². The van der Waals surface area contributed by atoms with Crippen LogP contribution in [0.4, 0.5) is 18.9 Å². The molecule has 0 atom stereocenters. The summed E-state index contributed by atoms with van der Waals surface area (Å²) in [6, 6.07) is 0.131. The fourth-order valence-electron chi connectivity index (χ4n) is 1.26. The molecule has 0 amide bonds. The fourth-order valence-corrected chi connectivity index (χ4v) is 2.72. The summed E-state index contributed by atoms with van der Waals surface area (Å²) in [6.07, 6.45) is -5.16. The van der Waals surface area contributed by atoms with E-state index < -0.39 is 47.4 Å². The van der Waals surface area contributed by atoms with Crippen molar-refractivity contribution in [3.05, 3.63) is 17.7 Å². The average molecular weight is 320 g/mol. The number of anilines is 1. The van der Waals surface area contributed by atoms with Crippen molar-refractivity contribution in [3.8, 4) is 0 Å². The number of rotatable bonds is 2. The van der Waals surface area contributed by atoms with E-state index in [0.29, 0.717) is 0 Å². The summed E-state index contributed by atoms with van der Waals surface area (Å²) < 4.78 is 90.2. The molecule has 5 N–H and O–H groups in total. The van der Waals surface area contributed by atoms with Crippen molar-refractivity contribution in [1.82, 2.24) is 0 Å². The summed E-state index contributed by atoms with van der Waals surface area (Å²) in [6.45, 7) is 0. The van der Waals surface area contributed by atoms with Crippen LogP contribution in [0.1, 0.15) is 5.56 Å². The predicted octanol–water partition coefficient (Wildman–Crippen LogP) is 0.182. The van der Waals surface area contributed by atoms with E-state index in [4.69, 9.17) is 10.3 Å². The van der Waals surface area contributed by atoms with Gasteiger partial charge in [-0.2, -0.15) is 21.6 Å². The minimum atomic E-state index is -5.31. The molecular weight excluding hydrogens is 313 g/mol. The Balaban J connectivity index is 3.87. The molecular formula is C7H7F3N2O5S2. The maximum Gasteiger partial charge on any atom is 0.417 e. The molecule has 0 fully saturated rings. The van der Waals surface area contributed by atoms with Crippen LogP contribution in [0.25, 0.3) is 0 Å². The Morgan fingerprint density at radius 3 is 1.84 bits per heavy atom. The number of sulfonamides is 1. The van der Waals surface area contributed by atoms with Gasteiger partial charge < -0.3 is 5.73 Å². The molecule has 0 aliphatic carbocycles. The molecule has 0 radical (unpaired) electrons. The maximum absolute atomic E-state index is 12.6. The number of nitrogen functional groups attached to an aromatic ring is 1. The quantitative estimate of drug-likeness (QED) is 0.524. The van der Waals surface area contributed by atoms with Crippen molar-refractivity contribution in [2.24, 2.45) is 5.14 Å². The Morgan fingerprint density at radius 2 is 1.53 bits per heavy atom. The molecule has 0 saturated heterocycles. The number of primary sulfonamides is 1. The van der Waals surface area contributed by atoms with Gasteiger partial charge in [-0.3, -0.25) is 4.55 Å². The molecule has 12 heteroatoms. The molecule has 0 unspecified atom stereocenters. The highest BCUT2D eigenvalue weighted by Crippen LogP contribution is 2.37. The molecule has 1 aromatic rings. The normalized spacial score (nSPS) is 13.5. The van der Waals surface area contributed by atoms with Gasteiger partial charge in [0.1, 0.15) is 9.79 Å². The summed E-state index contributed by atoms with van der Waals surface area (Å²) in [7, 11) is -9.86. The first kappa shape index (κ1) is 15.7. The van der Waals surface area contributed by atoms with E-state index in [0.717, 1.165) is 0 Å². The molecule has 0 aliphatic heterocycles. The van der Waals surface area contributed by atoms with Crippen molar-refractivity contribution in [1.29, 1.82) is 0 Å². The van der Waals surface area contributed by atoms with E-state index in [-0.39, 0.29) is 12.1 Å². The van der Waals surface area contributed by atoms with Crippen molar-refractivity contribution < 1.29 is 34.6 Å². The standard InChI is InChI=1S/C7H7F3N2O5S2/c8-7(9,10)3-1-4(11)6(18(12,13)14)2-5(3)19(15,16)17/h1-2H,11H2,(H2,12,13,14)(H,15,16,17). The van der Waals surface area contributed by atoms with E-state index in [1.165, 1.54) is 0 Å². The van der Waals surface area contributed by atoms with Gasteiger partial charge >= 0.3 is 6.18 Å². The smallest absolute Gasteiger partial charge is 0.398 e. The average Bonchev–Trinajstić information content (AvgIpc) is 2.11. The zero-order valence-electron chi connectivity index (χ0n) is 8.84. The summed E-state index contributed by atoms with van der Waals surface area (Å²) in [4.78, 5) is -2.67. The molecule has 0 bridgehead atoms. The van der Waals surface area contributed by atoms with Crippen LogP contribution in [0.5, 0.6) is 0 Å².